The first kappa shape index (κ1) is 14.8. The van der Waals surface area contributed by atoms with E-state index in [9.17, 15) is 14.9 Å². The Hall–Kier alpha value is -0.630. The van der Waals surface area contributed by atoms with Gasteiger partial charge < -0.3 is 5.32 Å². The summed E-state index contributed by atoms with van der Waals surface area (Å²) in [5, 5.41) is 14.1. The number of halogens is 1. The van der Waals surface area contributed by atoms with Crippen molar-refractivity contribution >= 4 is 46.3 Å². The van der Waals surface area contributed by atoms with E-state index in [0.29, 0.717) is 12.0 Å². The van der Waals surface area contributed by atoms with Crippen molar-refractivity contribution in [3.8, 4) is 0 Å². The first-order chi connectivity index (χ1) is 8.60. The van der Waals surface area contributed by atoms with Gasteiger partial charge in [0.25, 0.3) is 0 Å². The second-order valence-electron chi connectivity index (χ2n) is 4.68. The molecule has 0 aromatic carbocycles. The quantitative estimate of drug-likeness (QED) is 0.636. The Kier molecular flexibility index (Phi) is 4.20. The second-order valence-corrected chi connectivity index (χ2v) is 7.45. The van der Waals surface area contributed by atoms with Crippen LogP contribution < -0.4 is 5.32 Å². The predicted octanol–water partition coefficient (Wildman–Crippen LogP) is 2.88. The van der Waals surface area contributed by atoms with Crippen molar-refractivity contribution in [2.75, 3.05) is 13.1 Å². The molecule has 1 aromatic heterocycles. The Labute approximate surface area is 124 Å². The third-order valence-corrected chi connectivity index (χ3v) is 6.24. The molecule has 0 aliphatic carbocycles. The average Bonchev–Trinajstić information content (AvgIpc) is 2.74. The first-order valence-corrected chi connectivity index (χ1v) is 7.44. The number of thiophene rings is 1. The number of hydrogen-bond donors (Lipinski definition) is 1. The summed E-state index contributed by atoms with van der Waals surface area (Å²) >= 11 is 2.81. The minimum Gasteiger partial charge on any atom is -0.317 e. The van der Waals surface area contributed by atoms with Crippen LogP contribution in [0.3, 0.4) is 0 Å². The number of Topliss-reactive ketones (excluding diaryl/α,β-unsaturated/α-hetero) is 1. The van der Waals surface area contributed by atoms with Crippen molar-refractivity contribution in [1.82, 2.24) is 5.32 Å². The molecule has 5 nitrogen and oxygen atoms in total. The number of carbonyl (C=O) groups excluding carboxylic acids is 1. The molecule has 1 spiro atoms. The van der Waals surface area contributed by atoms with Gasteiger partial charge in [0.15, 0.2) is 5.78 Å². The van der Waals surface area contributed by atoms with Crippen LogP contribution in [0.5, 0.6) is 0 Å². The van der Waals surface area contributed by atoms with Crippen LogP contribution in [-0.4, -0.2) is 28.5 Å². The average molecular weight is 321 g/mol. The molecule has 2 aliphatic heterocycles. The molecule has 1 saturated heterocycles. The third kappa shape index (κ3) is 2.65. The maximum Gasteiger partial charge on any atom is 0.325 e. The number of fused-ring (bicyclic) bond motifs is 1. The molecule has 8 heteroatoms. The van der Waals surface area contributed by atoms with E-state index in [2.05, 4.69) is 5.32 Å². The van der Waals surface area contributed by atoms with E-state index in [0.717, 1.165) is 41.5 Å². The van der Waals surface area contributed by atoms with Gasteiger partial charge in [0.2, 0.25) is 0 Å². The summed E-state index contributed by atoms with van der Waals surface area (Å²) in [7, 11) is 0. The molecule has 3 heterocycles. The molecule has 0 atom stereocenters. The van der Waals surface area contributed by atoms with Crippen molar-refractivity contribution < 1.29 is 9.72 Å². The number of carbonyl (C=O) groups is 1. The van der Waals surface area contributed by atoms with Gasteiger partial charge in [-0.3, -0.25) is 14.9 Å². The first-order valence-electron chi connectivity index (χ1n) is 5.81. The summed E-state index contributed by atoms with van der Waals surface area (Å²) < 4.78 is 0.800. The van der Waals surface area contributed by atoms with Gasteiger partial charge in [-0.2, -0.15) is 0 Å². The summed E-state index contributed by atoms with van der Waals surface area (Å²) in [6.45, 7) is 1.84. The molecular formula is C11H13ClN2O3S2. The fraction of sp³-hybridized carbons (Fsp3) is 0.545. The molecule has 1 aromatic rings. The van der Waals surface area contributed by atoms with Crippen LogP contribution in [0.2, 0.25) is 0 Å². The zero-order valence-corrected chi connectivity index (χ0v) is 12.5. The lowest BCUT2D eigenvalue weighted by molar-refractivity contribution is -0.380. The molecule has 0 amide bonds. The molecule has 0 saturated carbocycles. The van der Waals surface area contributed by atoms with Crippen LogP contribution in [0, 0.1) is 10.1 Å². The molecule has 0 bridgehead atoms. The van der Waals surface area contributed by atoms with Crippen LogP contribution in [0.15, 0.2) is 10.3 Å². The summed E-state index contributed by atoms with van der Waals surface area (Å²) in [4.78, 5) is 22.5. The van der Waals surface area contributed by atoms with Crippen LogP contribution in [0.25, 0.3) is 0 Å². The van der Waals surface area contributed by atoms with E-state index < -0.39 is 4.92 Å². The highest BCUT2D eigenvalue weighted by Gasteiger charge is 2.42. The van der Waals surface area contributed by atoms with Gasteiger partial charge in [0.05, 0.1) is 9.13 Å². The minimum absolute atomic E-state index is 0. The van der Waals surface area contributed by atoms with Crippen molar-refractivity contribution in [2.24, 2.45) is 0 Å². The topological polar surface area (TPSA) is 72.2 Å². The van der Waals surface area contributed by atoms with E-state index in [4.69, 9.17) is 0 Å². The highest BCUT2D eigenvalue weighted by molar-refractivity contribution is 8.02. The fourth-order valence-corrected chi connectivity index (χ4v) is 5.47. The second kappa shape index (κ2) is 5.40. The van der Waals surface area contributed by atoms with E-state index in [1.54, 1.807) is 11.8 Å². The molecular weight excluding hydrogens is 308 g/mol. The molecule has 0 radical (unpaired) electrons. The fourth-order valence-electron chi connectivity index (χ4n) is 2.50. The third-order valence-electron chi connectivity index (χ3n) is 3.47. The number of nitrogens with one attached hydrogen (secondary N) is 1. The number of nitrogens with zero attached hydrogens (tertiary/aromatic N) is 1. The zero-order valence-electron chi connectivity index (χ0n) is 10.0. The van der Waals surface area contributed by atoms with Gasteiger partial charge >= 0.3 is 5.00 Å². The molecule has 3 rings (SSSR count). The normalized spacial score (nSPS) is 20.7. The van der Waals surface area contributed by atoms with Crippen LogP contribution in [0.1, 0.15) is 29.6 Å². The van der Waals surface area contributed by atoms with Crippen molar-refractivity contribution in [3.05, 3.63) is 21.7 Å². The van der Waals surface area contributed by atoms with Crippen molar-refractivity contribution in [2.45, 2.75) is 28.2 Å². The standard InChI is InChI=1S/C11H12N2O3S2.ClH/c14-8-6-11(1-3-12-4-2-11)18-10-7(8)5-9(17-10)13(15)16;/h5,12H,1-4,6H2;1H. The van der Waals surface area contributed by atoms with E-state index >= 15 is 0 Å². The van der Waals surface area contributed by atoms with Crippen molar-refractivity contribution in [3.63, 3.8) is 0 Å². The number of nitro groups is 1. The van der Waals surface area contributed by atoms with E-state index in [1.165, 1.54) is 6.07 Å². The molecule has 104 valence electrons. The summed E-state index contributed by atoms with van der Waals surface area (Å²) in [6, 6.07) is 1.43. The van der Waals surface area contributed by atoms with Crippen molar-refractivity contribution in [1.29, 1.82) is 0 Å². The summed E-state index contributed by atoms with van der Waals surface area (Å²) in [5.74, 6) is 0.0648. The van der Waals surface area contributed by atoms with E-state index in [1.807, 2.05) is 0 Å². The van der Waals surface area contributed by atoms with Gasteiger partial charge in [-0.05, 0) is 25.9 Å². The number of piperidine rings is 1. The zero-order chi connectivity index (χ0) is 12.8. The Morgan fingerprint density at radius 1 is 1.37 bits per heavy atom. The maximum atomic E-state index is 12.1. The SMILES string of the molecule is Cl.O=C1CC2(CCNCC2)Sc2sc([N+](=O)[O-])cc21. The predicted molar refractivity (Wildman–Crippen MR) is 77.9 cm³/mol. The van der Waals surface area contributed by atoms with Crippen LogP contribution in [-0.2, 0) is 0 Å². The maximum absolute atomic E-state index is 12.1. The smallest absolute Gasteiger partial charge is 0.317 e. The Bertz CT molecular complexity index is 526. The molecule has 2 aliphatic rings. The minimum atomic E-state index is -0.411. The number of ketones is 1. The van der Waals surface area contributed by atoms with Gasteiger partial charge in [-0.25, -0.2) is 0 Å². The molecule has 1 N–H and O–H groups in total. The van der Waals surface area contributed by atoms with Gasteiger partial charge in [0, 0.05) is 22.8 Å². The Morgan fingerprint density at radius 2 is 2.05 bits per heavy atom. The number of hydrogen-bond acceptors (Lipinski definition) is 6. The molecule has 1 fully saturated rings. The largest absolute Gasteiger partial charge is 0.325 e. The van der Waals surface area contributed by atoms with E-state index in [-0.39, 0.29) is 27.9 Å². The van der Waals surface area contributed by atoms with Crippen LogP contribution in [0.4, 0.5) is 5.00 Å². The number of rotatable bonds is 1. The lowest BCUT2D eigenvalue weighted by Gasteiger charge is -2.38. The Balaban J connectivity index is 0.00000133. The Morgan fingerprint density at radius 3 is 2.68 bits per heavy atom. The van der Waals surface area contributed by atoms with Gasteiger partial charge in [-0.1, -0.05) is 11.3 Å². The van der Waals surface area contributed by atoms with Gasteiger partial charge in [0.1, 0.15) is 0 Å². The number of thioether (sulfide) groups is 1. The summed E-state index contributed by atoms with van der Waals surface area (Å²) in [5.41, 5.74) is 0.556. The summed E-state index contributed by atoms with van der Waals surface area (Å²) in [6.07, 6.45) is 2.42. The van der Waals surface area contributed by atoms with Crippen LogP contribution >= 0.6 is 35.5 Å². The lowest BCUT2D eigenvalue weighted by atomic mass is 9.89. The molecule has 19 heavy (non-hydrogen) atoms. The van der Waals surface area contributed by atoms with Gasteiger partial charge in [-0.15, -0.1) is 24.2 Å². The highest BCUT2D eigenvalue weighted by atomic mass is 35.5. The monoisotopic (exact) mass is 320 g/mol. The molecule has 0 unspecified atom stereocenters. The lowest BCUT2D eigenvalue weighted by Crippen LogP contribution is -2.42. The highest BCUT2D eigenvalue weighted by Crippen LogP contribution is 2.52.